The molecule has 1 aromatic heterocycles. The minimum Gasteiger partial charge on any atom is -0.461 e. The third kappa shape index (κ3) is 4.54. The van der Waals surface area contributed by atoms with Gasteiger partial charge < -0.3 is 9.47 Å². The van der Waals surface area contributed by atoms with Crippen LogP contribution >= 0.6 is 0 Å². The van der Waals surface area contributed by atoms with E-state index in [1.54, 1.807) is 70.2 Å². The number of sulfone groups is 1. The zero-order valence-corrected chi connectivity index (χ0v) is 20.1. The highest BCUT2D eigenvalue weighted by Gasteiger charge is 2.36. The highest BCUT2D eigenvalue weighted by atomic mass is 32.2. The van der Waals surface area contributed by atoms with Crippen molar-refractivity contribution in [2.75, 3.05) is 11.9 Å². The van der Waals surface area contributed by atoms with Gasteiger partial charge in [-0.05, 0) is 52.0 Å². The molecule has 1 amide bonds. The van der Waals surface area contributed by atoms with E-state index < -0.39 is 27.5 Å². The quantitative estimate of drug-likeness (QED) is 0.548. The second-order valence-corrected chi connectivity index (χ2v) is 10.7. The van der Waals surface area contributed by atoms with Gasteiger partial charge in [-0.15, -0.1) is 0 Å². The summed E-state index contributed by atoms with van der Waals surface area (Å²) >= 11 is 0. The summed E-state index contributed by atoms with van der Waals surface area (Å²) in [5, 5.41) is 7.14. The summed E-state index contributed by atoms with van der Waals surface area (Å²) in [6.07, 6.45) is -0.615. The molecule has 2 heterocycles. The SMILES string of the molecule is CCOC(=O)c1nn(-c2cccc(NC(=O)OC(C)(C)C)c2)c2c1CS(=O)(=O)c1ccccc1-2. The molecular formula is C24H25N3O6S. The lowest BCUT2D eigenvalue weighted by atomic mass is 10.1. The topological polar surface area (TPSA) is 117 Å². The minimum atomic E-state index is -3.67. The van der Waals surface area contributed by atoms with Gasteiger partial charge in [-0.1, -0.05) is 24.3 Å². The average molecular weight is 484 g/mol. The summed E-state index contributed by atoms with van der Waals surface area (Å²) in [4.78, 5) is 25.1. The van der Waals surface area contributed by atoms with Crippen LogP contribution in [0.4, 0.5) is 10.5 Å². The van der Waals surface area contributed by atoms with Crippen molar-refractivity contribution in [2.24, 2.45) is 0 Å². The number of rotatable bonds is 4. The summed E-state index contributed by atoms with van der Waals surface area (Å²) in [6, 6.07) is 13.4. The van der Waals surface area contributed by atoms with Crippen molar-refractivity contribution in [1.29, 1.82) is 0 Å². The standard InChI is InChI=1S/C24H25N3O6S/c1-5-32-22(28)20-18-14-34(30,31)19-12-7-6-11-17(19)21(18)27(26-20)16-10-8-9-15(13-16)25-23(29)33-24(2,3)4/h6-13H,5,14H2,1-4H3,(H,25,29). The maximum absolute atomic E-state index is 13.0. The predicted molar refractivity (Wildman–Crippen MR) is 126 cm³/mol. The molecule has 0 atom stereocenters. The number of benzene rings is 2. The van der Waals surface area contributed by atoms with Gasteiger partial charge in [0.15, 0.2) is 15.5 Å². The number of aromatic nitrogens is 2. The van der Waals surface area contributed by atoms with E-state index in [9.17, 15) is 18.0 Å². The highest BCUT2D eigenvalue weighted by molar-refractivity contribution is 7.90. The molecule has 0 unspecified atom stereocenters. The molecule has 10 heteroatoms. The maximum atomic E-state index is 13.0. The Kier molecular flexibility index (Phi) is 5.94. The fourth-order valence-electron chi connectivity index (χ4n) is 3.75. The largest absolute Gasteiger partial charge is 0.461 e. The van der Waals surface area contributed by atoms with Gasteiger partial charge in [0.25, 0.3) is 0 Å². The van der Waals surface area contributed by atoms with Crippen LogP contribution in [0.3, 0.4) is 0 Å². The number of nitrogens with one attached hydrogen (secondary N) is 1. The molecule has 1 aliphatic heterocycles. The van der Waals surface area contributed by atoms with Gasteiger partial charge >= 0.3 is 12.1 Å². The first-order valence-corrected chi connectivity index (χ1v) is 12.4. The Morgan fingerprint density at radius 2 is 1.85 bits per heavy atom. The van der Waals surface area contributed by atoms with Crippen LogP contribution in [0.1, 0.15) is 43.7 Å². The molecule has 3 aromatic rings. The van der Waals surface area contributed by atoms with Crippen LogP contribution in [-0.4, -0.2) is 42.5 Å². The van der Waals surface area contributed by atoms with Gasteiger partial charge in [-0.25, -0.2) is 22.7 Å². The van der Waals surface area contributed by atoms with Crippen LogP contribution in [0, 0.1) is 0 Å². The van der Waals surface area contributed by atoms with Gasteiger partial charge in [-0.3, -0.25) is 5.32 Å². The van der Waals surface area contributed by atoms with E-state index in [4.69, 9.17) is 9.47 Å². The molecular weight excluding hydrogens is 458 g/mol. The number of hydrogen-bond acceptors (Lipinski definition) is 7. The molecule has 0 fully saturated rings. The number of amides is 1. The van der Waals surface area contributed by atoms with E-state index in [2.05, 4.69) is 10.4 Å². The molecule has 2 aromatic carbocycles. The summed E-state index contributed by atoms with van der Waals surface area (Å²) in [7, 11) is -3.67. The van der Waals surface area contributed by atoms with Crippen molar-refractivity contribution in [3.63, 3.8) is 0 Å². The Hall–Kier alpha value is -3.66. The number of carbonyl (C=O) groups excluding carboxylic acids is 2. The molecule has 1 aliphatic rings. The van der Waals surface area contributed by atoms with Gasteiger partial charge in [0.1, 0.15) is 5.60 Å². The van der Waals surface area contributed by atoms with E-state index in [1.807, 2.05) is 0 Å². The lowest BCUT2D eigenvalue weighted by molar-refractivity contribution is 0.0517. The van der Waals surface area contributed by atoms with Crippen molar-refractivity contribution in [2.45, 2.75) is 43.9 Å². The Bertz CT molecular complexity index is 1390. The first kappa shape index (κ1) is 23.5. The Balaban J connectivity index is 1.85. The Labute approximate surface area is 197 Å². The van der Waals surface area contributed by atoms with Crippen molar-refractivity contribution in [3.8, 4) is 16.9 Å². The Morgan fingerprint density at radius 1 is 1.12 bits per heavy atom. The molecule has 0 spiro atoms. The minimum absolute atomic E-state index is 0.0552. The zero-order chi connectivity index (χ0) is 24.7. The molecule has 0 radical (unpaired) electrons. The highest BCUT2D eigenvalue weighted by Crippen LogP contribution is 2.40. The van der Waals surface area contributed by atoms with Crippen LogP contribution in [0.15, 0.2) is 53.4 Å². The van der Waals surface area contributed by atoms with Gasteiger partial charge in [0.2, 0.25) is 0 Å². The molecule has 34 heavy (non-hydrogen) atoms. The number of fused-ring (bicyclic) bond motifs is 3. The van der Waals surface area contributed by atoms with Crippen molar-refractivity contribution in [3.05, 3.63) is 59.8 Å². The normalized spacial score (nSPS) is 14.0. The third-order valence-electron chi connectivity index (χ3n) is 5.00. The Morgan fingerprint density at radius 3 is 2.56 bits per heavy atom. The van der Waals surface area contributed by atoms with Crippen molar-refractivity contribution < 1.29 is 27.5 Å². The molecule has 0 saturated heterocycles. The lowest BCUT2D eigenvalue weighted by Gasteiger charge is -2.20. The van der Waals surface area contributed by atoms with Crippen LogP contribution in [0.25, 0.3) is 16.9 Å². The van der Waals surface area contributed by atoms with Crippen LogP contribution < -0.4 is 5.32 Å². The summed E-state index contributed by atoms with van der Waals surface area (Å²) in [5.74, 6) is -1.07. The first-order chi connectivity index (χ1) is 16.0. The fraction of sp³-hybridized carbons (Fsp3) is 0.292. The molecule has 0 saturated carbocycles. The van der Waals surface area contributed by atoms with Gasteiger partial charge in [-0.2, -0.15) is 5.10 Å². The molecule has 0 bridgehead atoms. The van der Waals surface area contributed by atoms with E-state index in [0.29, 0.717) is 22.6 Å². The van der Waals surface area contributed by atoms with Gasteiger partial charge in [0, 0.05) is 16.8 Å². The fourth-order valence-corrected chi connectivity index (χ4v) is 5.35. The second kappa shape index (κ2) is 8.60. The van der Waals surface area contributed by atoms with E-state index in [-0.39, 0.29) is 28.5 Å². The van der Waals surface area contributed by atoms with E-state index in [1.165, 1.54) is 10.7 Å². The summed E-state index contributed by atoms with van der Waals surface area (Å²) in [6.45, 7) is 7.09. The molecule has 1 N–H and O–H groups in total. The third-order valence-corrected chi connectivity index (χ3v) is 6.69. The molecule has 4 rings (SSSR count). The van der Waals surface area contributed by atoms with E-state index in [0.717, 1.165) is 0 Å². The van der Waals surface area contributed by atoms with E-state index >= 15 is 0 Å². The number of nitrogens with zero attached hydrogens (tertiary/aromatic N) is 2. The first-order valence-electron chi connectivity index (χ1n) is 10.7. The second-order valence-electron chi connectivity index (χ2n) is 8.74. The average Bonchev–Trinajstić information content (AvgIpc) is 3.11. The number of carbonyl (C=O) groups is 2. The molecule has 178 valence electrons. The molecule has 9 nitrogen and oxygen atoms in total. The smallest absolute Gasteiger partial charge is 0.412 e. The monoisotopic (exact) mass is 483 g/mol. The van der Waals surface area contributed by atoms with Crippen molar-refractivity contribution >= 4 is 27.6 Å². The number of anilines is 1. The van der Waals surface area contributed by atoms with Crippen LogP contribution in [0.2, 0.25) is 0 Å². The maximum Gasteiger partial charge on any atom is 0.412 e. The number of ether oxygens (including phenoxy) is 2. The number of esters is 1. The van der Waals surface area contributed by atoms with Crippen LogP contribution in [-0.2, 0) is 25.1 Å². The van der Waals surface area contributed by atoms with Gasteiger partial charge in [0.05, 0.1) is 28.6 Å². The molecule has 0 aliphatic carbocycles. The number of hydrogen-bond donors (Lipinski definition) is 1. The van der Waals surface area contributed by atoms with Crippen LogP contribution in [0.5, 0.6) is 0 Å². The predicted octanol–water partition coefficient (Wildman–Crippen LogP) is 4.35. The lowest BCUT2D eigenvalue weighted by Crippen LogP contribution is -2.27. The summed E-state index contributed by atoms with van der Waals surface area (Å²) in [5.41, 5.74) is 1.47. The zero-order valence-electron chi connectivity index (χ0n) is 19.3. The van der Waals surface area contributed by atoms with Crippen molar-refractivity contribution in [1.82, 2.24) is 9.78 Å². The summed E-state index contributed by atoms with van der Waals surface area (Å²) < 4.78 is 37.9.